The molecule has 0 fully saturated rings. The van der Waals surface area contributed by atoms with Crippen molar-refractivity contribution in [2.45, 2.75) is 0 Å². The Morgan fingerprint density at radius 2 is 1.10 bits per heavy atom. The van der Waals surface area contributed by atoms with Gasteiger partial charge in [0.1, 0.15) is 27.3 Å². The molecule has 226 valence electrons. The van der Waals surface area contributed by atoms with E-state index in [-0.39, 0.29) is 0 Å². The topological polar surface area (TPSA) is 42.4 Å². The number of aromatic nitrogens is 1. The maximum atomic E-state index is 6.58. The fraction of sp³-hybridized carbons (Fsp3) is 0. The zero-order valence-corrected chi connectivity index (χ0v) is 26.4. The Bertz CT molecular complexity index is 2780. The Kier molecular flexibility index (Phi) is 6.01. The number of thiazole rings is 1. The minimum atomic E-state index is 0.819. The Hall–Kier alpha value is -6.17. The molecule has 3 heterocycles. The molecule has 0 unspecified atom stereocenters. The van der Waals surface area contributed by atoms with E-state index < -0.39 is 0 Å². The van der Waals surface area contributed by atoms with Crippen LogP contribution in [0, 0.1) is 0 Å². The van der Waals surface area contributed by atoms with Crippen molar-refractivity contribution in [3.05, 3.63) is 158 Å². The summed E-state index contributed by atoms with van der Waals surface area (Å²) in [5.41, 5.74) is 10.9. The Labute approximate surface area is 279 Å². The molecule has 0 aliphatic heterocycles. The molecule has 0 saturated heterocycles. The van der Waals surface area contributed by atoms with Gasteiger partial charge in [0, 0.05) is 33.8 Å². The SMILES string of the molecule is c1ccc(-c2ccc(N(c3ccc4c(c3)oc3ccc5sc(-c6ccccc6)nc5c34)c3cccc4oc5ccccc5c34)cc2)cc1. The van der Waals surface area contributed by atoms with Crippen molar-refractivity contribution in [1.82, 2.24) is 4.98 Å². The molecule has 0 aliphatic carbocycles. The molecule has 0 amide bonds. The summed E-state index contributed by atoms with van der Waals surface area (Å²) in [6.45, 7) is 0. The van der Waals surface area contributed by atoms with Gasteiger partial charge in [-0.2, -0.15) is 0 Å². The van der Waals surface area contributed by atoms with Crippen LogP contribution in [0.5, 0.6) is 0 Å². The lowest BCUT2D eigenvalue weighted by atomic mass is 10.0. The zero-order chi connectivity index (χ0) is 31.6. The molecular formula is C43H26N2O2S. The number of hydrogen-bond donors (Lipinski definition) is 0. The maximum absolute atomic E-state index is 6.58. The highest BCUT2D eigenvalue weighted by Gasteiger charge is 2.21. The summed E-state index contributed by atoms with van der Waals surface area (Å²) in [7, 11) is 0. The van der Waals surface area contributed by atoms with E-state index in [9.17, 15) is 0 Å². The monoisotopic (exact) mass is 634 g/mol. The number of rotatable bonds is 5. The highest BCUT2D eigenvalue weighted by atomic mass is 32.1. The lowest BCUT2D eigenvalue weighted by Crippen LogP contribution is -2.10. The number of benzene rings is 7. The molecule has 0 radical (unpaired) electrons. The number of hydrogen-bond acceptors (Lipinski definition) is 5. The number of nitrogens with zero attached hydrogens (tertiary/aromatic N) is 2. The van der Waals surface area contributed by atoms with Crippen LogP contribution in [-0.2, 0) is 0 Å². The van der Waals surface area contributed by atoms with Crippen molar-refractivity contribution < 1.29 is 8.83 Å². The lowest BCUT2D eigenvalue weighted by Gasteiger charge is -2.26. The number of fused-ring (bicyclic) bond motifs is 8. The highest BCUT2D eigenvalue weighted by molar-refractivity contribution is 7.21. The van der Waals surface area contributed by atoms with E-state index in [1.807, 2.05) is 30.3 Å². The van der Waals surface area contributed by atoms with Crippen LogP contribution in [0.3, 0.4) is 0 Å². The van der Waals surface area contributed by atoms with Crippen LogP contribution in [-0.4, -0.2) is 4.98 Å². The first-order valence-electron chi connectivity index (χ1n) is 16.0. The third-order valence-electron chi connectivity index (χ3n) is 9.11. The molecule has 5 heteroatoms. The third kappa shape index (κ3) is 4.25. The summed E-state index contributed by atoms with van der Waals surface area (Å²) in [5, 5.41) is 5.26. The fourth-order valence-corrected chi connectivity index (χ4v) is 7.87. The van der Waals surface area contributed by atoms with Crippen LogP contribution in [0.15, 0.2) is 167 Å². The van der Waals surface area contributed by atoms with Crippen LogP contribution >= 0.6 is 11.3 Å². The van der Waals surface area contributed by atoms with Gasteiger partial charge in [-0.15, -0.1) is 11.3 Å². The first-order chi connectivity index (χ1) is 23.8. The number of anilines is 3. The molecule has 0 saturated carbocycles. The average Bonchev–Trinajstić information content (AvgIpc) is 3.86. The van der Waals surface area contributed by atoms with E-state index >= 15 is 0 Å². The van der Waals surface area contributed by atoms with Gasteiger partial charge in [0.25, 0.3) is 0 Å². The first-order valence-corrected chi connectivity index (χ1v) is 16.8. The predicted molar refractivity (Wildman–Crippen MR) is 200 cm³/mol. The van der Waals surface area contributed by atoms with Crippen molar-refractivity contribution in [1.29, 1.82) is 0 Å². The molecule has 4 nitrogen and oxygen atoms in total. The summed E-state index contributed by atoms with van der Waals surface area (Å²) in [6, 6.07) is 54.8. The fourth-order valence-electron chi connectivity index (χ4n) is 6.89. The molecule has 48 heavy (non-hydrogen) atoms. The summed E-state index contributed by atoms with van der Waals surface area (Å²) in [4.78, 5) is 7.42. The second kappa shape index (κ2) is 10.7. The second-order valence-electron chi connectivity index (χ2n) is 11.9. The van der Waals surface area contributed by atoms with E-state index in [0.717, 1.165) is 81.7 Å². The molecule has 0 spiro atoms. The van der Waals surface area contributed by atoms with E-state index in [1.165, 1.54) is 11.1 Å². The molecule has 10 aromatic rings. The molecule has 0 N–H and O–H groups in total. The van der Waals surface area contributed by atoms with Crippen molar-refractivity contribution in [3.63, 3.8) is 0 Å². The number of para-hydroxylation sites is 1. The highest BCUT2D eigenvalue weighted by Crippen LogP contribution is 2.45. The van der Waals surface area contributed by atoms with Crippen molar-refractivity contribution in [2.75, 3.05) is 4.90 Å². The Morgan fingerprint density at radius 1 is 0.458 bits per heavy atom. The van der Waals surface area contributed by atoms with E-state index in [4.69, 9.17) is 13.8 Å². The van der Waals surface area contributed by atoms with E-state index in [0.29, 0.717) is 0 Å². The van der Waals surface area contributed by atoms with Gasteiger partial charge in [0.15, 0.2) is 0 Å². The zero-order valence-electron chi connectivity index (χ0n) is 25.6. The normalized spacial score (nSPS) is 11.8. The van der Waals surface area contributed by atoms with Gasteiger partial charge in [-0.3, -0.25) is 0 Å². The lowest BCUT2D eigenvalue weighted by molar-refractivity contribution is 0.669. The van der Waals surface area contributed by atoms with Crippen LogP contribution in [0.4, 0.5) is 17.1 Å². The third-order valence-corrected chi connectivity index (χ3v) is 10.2. The van der Waals surface area contributed by atoms with Crippen molar-refractivity contribution in [2.24, 2.45) is 0 Å². The van der Waals surface area contributed by atoms with Crippen LogP contribution in [0.25, 0.3) is 75.8 Å². The quantitative estimate of drug-likeness (QED) is 0.189. The molecular weight excluding hydrogens is 609 g/mol. The van der Waals surface area contributed by atoms with Gasteiger partial charge in [0.2, 0.25) is 0 Å². The van der Waals surface area contributed by atoms with Gasteiger partial charge in [0.05, 0.1) is 26.7 Å². The van der Waals surface area contributed by atoms with Crippen LogP contribution in [0.1, 0.15) is 0 Å². The van der Waals surface area contributed by atoms with Gasteiger partial charge < -0.3 is 13.7 Å². The van der Waals surface area contributed by atoms with Gasteiger partial charge in [-0.25, -0.2) is 4.98 Å². The van der Waals surface area contributed by atoms with Crippen LogP contribution in [0.2, 0.25) is 0 Å². The summed E-state index contributed by atoms with van der Waals surface area (Å²) < 4.78 is 14.0. The van der Waals surface area contributed by atoms with Crippen molar-refractivity contribution >= 4 is 82.5 Å². The first kappa shape index (κ1) is 27.0. The van der Waals surface area contributed by atoms with Crippen LogP contribution < -0.4 is 4.90 Å². The molecule has 10 rings (SSSR count). The standard InChI is InChI=1S/C43H26N2O2S/c1-3-10-27(11-4-1)28-18-20-30(21-19-28)45(34-15-9-17-36-40(34)32-14-7-8-16-35(32)46-36)31-22-23-33-38(26-31)47-37-24-25-39-42(41(33)37)44-43(48-39)29-12-5-2-6-13-29/h1-26H. The predicted octanol–water partition coefficient (Wildman–Crippen LogP) is 12.9. The Balaban J connectivity index is 1.17. The minimum absolute atomic E-state index is 0.819. The minimum Gasteiger partial charge on any atom is -0.456 e. The summed E-state index contributed by atoms with van der Waals surface area (Å²) in [5.74, 6) is 0. The maximum Gasteiger partial charge on any atom is 0.137 e. The average molecular weight is 635 g/mol. The molecule has 0 aliphatic rings. The van der Waals surface area contributed by atoms with Crippen molar-refractivity contribution in [3.8, 4) is 21.7 Å². The Morgan fingerprint density at radius 3 is 1.94 bits per heavy atom. The summed E-state index contributed by atoms with van der Waals surface area (Å²) >= 11 is 1.71. The molecule has 0 atom stereocenters. The van der Waals surface area contributed by atoms with Gasteiger partial charge in [-0.05, 0) is 65.7 Å². The smallest absolute Gasteiger partial charge is 0.137 e. The molecule has 7 aromatic carbocycles. The van der Waals surface area contributed by atoms with E-state index in [2.05, 4.69) is 132 Å². The van der Waals surface area contributed by atoms with Gasteiger partial charge in [-0.1, -0.05) is 97.1 Å². The van der Waals surface area contributed by atoms with E-state index in [1.54, 1.807) is 11.3 Å². The number of furan rings is 2. The van der Waals surface area contributed by atoms with Gasteiger partial charge >= 0.3 is 0 Å². The summed E-state index contributed by atoms with van der Waals surface area (Å²) in [6.07, 6.45) is 0. The second-order valence-corrected chi connectivity index (χ2v) is 13.0. The largest absolute Gasteiger partial charge is 0.456 e. The molecule has 3 aromatic heterocycles. The molecule has 0 bridgehead atoms.